The van der Waals surface area contributed by atoms with E-state index in [1.165, 1.54) is 0 Å². The summed E-state index contributed by atoms with van der Waals surface area (Å²) in [6.45, 7) is 3.84. The summed E-state index contributed by atoms with van der Waals surface area (Å²) in [5.74, 6) is 0.551. The first-order chi connectivity index (χ1) is 10.1. The molecule has 2 rings (SSSR count). The van der Waals surface area contributed by atoms with Crippen LogP contribution in [0, 0.1) is 0 Å². The summed E-state index contributed by atoms with van der Waals surface area (Å²) in [7, 11) is 3.16. The Morgan fingerprint density at radius 2 is 2.10 bits per heavy atom. The van der Waals surface area contributed by atoms with E-state index in [4.69, 9.17) is 18.9 Å². The lowest BCUT2D eigenvalue weighted by molar-refractivity contribution is -0.139. The highest BCUT2D eigenvalue weighted by atomic mass is 16.7. The lowest BCUT2D eigenvalue weighted by Gasteiger charge is -2.20. The number of hydrogen-bond acceptors (Lipinski definition) is 5. The van der Waals surface area contributed by atoms with E-state index in [0.29, 0.717) is 17.9 Å². The maximum atomic E-state index is 12.2. The van der Waals surface area contributed by atoms with Gasteiger partial charge in [-0.1, -0.05) is 12.1 Å². The number of methoxy groups -OCH3 is 2. The number of carbonyl (C=O) groups is 1. The van der Waals surface area contributed by atoms with Gasteiger partial charge in [-0.3, -0.25) is 0 Å². The van der Waals surface area contributed by atoms with Gasteiger partial charge in [-0.15, -0.1) is 0 Å². The molecule has 0 spiro atoms. The smallest absolute Gasteiger partial charge is 0.338 e. The van der Waals surface area contributed by atoms with Crippen molar-refractivity contribution in [3.8, 4) is 5.75 Å². The summed E-state index contributed by atoms with van der Waals surface area (Å²) in [4.78, 5) is 12.2. The molecular weight excluding hydrogens is 272 g/mol. The van der Waals surface area contributed by atoms with Crippen LogP contribution in [0.3, 0.4) is 0 Å². The maximum Gasteiger partial charge on any atom is 0.338 e. The second-order valence-corrected chi connectivity index (χ2v) is 4.67. The molecule has 0 saturated carbocycles. The first kappa shape index (κ1) is 15.4. The Labute approximate surface area is 124 Å². The van der Waals surface area contributed by atoms with Gasteiger partial charge in [0.05, 0.1) is 25.2 Å². The Bertz CT molecular complexity index is 549. The van der Waals surface area contributed by atoms with Crippen LogP contribution in [-0.4, -0.2) is 33.1 Å². The maximum absolute atomic E-state index is 12.2. The van der Waals surface area contributed by atoms with E-state index < -0.39 is 6.29 Å². The number of rotatable bonds is 5. The topological polar surface area (TPSA) is 54.0 Å². The lowest BCUT2D eigenvalue weighted by Crippen LogP contribution is -2.22. The first-order valence-electron chi connectivity index (χ1n) is 6.83. The average Bonchev–Trinajstić information content (AvgIpc) is 2.84. The van der Waals surface area contributed by atoms with Crippen molar-refractivity contribution < 1.29 is 23.7 Å². The summed E-state index contributed by atoms with van der Waals surface area (Å²) >= 11 is 0. The monoisotopic (exact) mass is 292 g/mol. The minimum atomic E-state index is -0.545. The Balaban J connectivity index is 2.42. The van der Waals surface area contributed by atoms with Crippen LogP contribution in [0.2, 0.25) is 0 Å². The fourth-order valence-electron chi connectivity index (χ4n) is 2.48. The highest BCUT2D eigenvalue weighted by Crippen LogP contribution is 2.40. The van der Waals surface area contributed by atoms with Crippen LogP contribution in [-0.2, 0) is 19.0 Å². The van der Waals surface area contributed by atoms with Crippen LogP contribution in [0.4, 0.5) is 0 Å². The Morgan fingerprint density at radius 1 is 1.33 bits per heavy atom. The second kappa shape index (κ2) is 6.63. The van der Waals surface area contributed by atoms with Crippen molar-refractivity contribution in [2.45, 2.75) is 26.1 Å². The zero-order valence-corrected chi connectivity index (χ0v) is 12.7. The molecule has 0 bridgehead atoms. The van der Waals surface area contributed by atoms with E-state index in [1.807, 2.05) is 24.3 Å². The standard InChI is InChI=1S/C16H20O5/c1-5-20-15(17)13-10(2)21-16(19-4)14(13)11-7-6-8-12(9-11)18-3/h6-9,14,16H,5H2,1-4H3. The van der Waals surface area contributed by atoms with E-state index in [9.17, 15) is 4.79 Å². The van der Waals surface area contributed by atoms with Crippen LogP contribution in [0.15, 0.2) is 35.6 Å². The molecule has 2 atom stereocenters. The van der Waals surface area contributed by atoms with Crippen LogP contribution in [0.5, 0.6) is 5.75 Å². The molecule has 0 N–H and O–H groups in total. The van der Waals surface area contributed by atoms with E-state index in [0.717, 1.165) is 11.3 Å². The molecule has 5 nitrogen and oxygen atoms in total. The van der Waals surface area contributed by atoms with Gasteiger partial charge in [0.15, 0.2) is 0 Å². The molecular formula is C16H20O5. The number of ether oxygens (including phenoxy) is 4. The van der Waals surface area contributed by atoms with Crippen molar-refractivity contribution >= 4 is 5.97 Å². The van der Waals surface area contributed by atoms with Crippen molar-refractivity contribution in [2.75, 3.05) is 20.8 Å². The molecule has 0 saturated heterocycles. The Morgan fingerprint density at radius 3 is 2.71 bits per heavy atom. The van der Waals surface area contributed by atoms with E-state index in [-0.39, 0.29) is 11.9 Å². The Kier molecular flexibility index (Phi) is 4.85. The lowest BCUT2D eigenvalue weighted by atomic mass is 9.91. The number of benzene rings is 1. The molecule has 0 aromatic heterocycles. The normalized spacial score (nSPS) is 21.1. The summed E-state index contributed by atoms with van der Waals surface area (Å²) in [5.41, 5.74) is 1.39. The van der Waals surface area contributed by atoms with Crippen molar-refractivity contribution in [1.82, 2.24) is 0 Å². The molecule has 2 unspecified atom stereocenters. The molecule has 21 heavy (non-hydrogen) atoms. The van der Waals surface area contributed by atoms with Gasteiger partial charge in [-0.25, -0.2) is 4.79 Å². The summed E-state index contributed by atoms with van der Waals surface area (Å²) < 4.78 is 21.4. The molecule has 1 aromatic carbocycles. The third kappa shape index (κ3) is 3.03. The van der Waals surface area contributed by atoms with Crippen LogP contribution < -0.4 is 4.74 Å². The third-order valence-electron chi connectivity index (χ3n) is 3.44. The SMILES string of the molecule is CCOC(=O)C1=C(C)OC(OC)C1c1cccc(OC)c1. The van der Waals surface area contributed by atoms with Gasteiger partial charge in [-0.2, -0.15) is 0 Å². The van der Waals surface area contributed by atoms with Gasteiger partial charge in [0, 0.05) is 7.11 Å². The molecule has 1 heterocycles. The highest BCUT2D eigenvalue weighted by Gasteiger charge is 2.41. The van der Waals surface area contributed by atoms with Gasteiger partial charge in [0.1, 0.15) is 11.5 Å². The largest absolute Gasteiger partial charge is 0.497 e. The zero-order chi connectivity index (χ0) is 15.4. The molecule has 1 aliphatic heterocycles. The van der Waals surface area contributed by atoms with Crippen molar-refractivity contribution in [3.63, 3.8) is 0 Å². The van der Waals surface area contributed by atoms with Crippen LogP contribution in [0.25, 0.3) is 0 Å². The van der Waals surface area contributed by atoms with Crippen LogP contribution >= 0.6 is 0 Å². The van der Waals surface area contributed by atoms with Gasteiger partial charge in [0.25, 0.3) is 0 Å². The third-order valence-corrected chi connectivity index (χ3v) is 3.44. The highest BCUT2D eigenvalue weighted by molar-refractivity contribution is 5.91. The molecule has 1 aromatic rings. The molecule has 0 fully saturated rings. The molecule has 5 heteroatoms. The van der Waals surface area contributed by atoms with Crippen molar-refractivity contribution in [1.29, 1.82) is 0 Å². The number of hydrogen-bond donors (Lipinski definition) is 0. The molecule has 0 aliphatic carbocycles. The van der Waals surface area contributed by atoms with E-state index >= 15 is 0 Å². The van der Waals surface area contributed by atoms with Crippen molar-refractivity contribution in [2.24, 2.45) is 0 Å². The number of carbonyl (C=O) groups excluding carboxylic acids is 1. The van der Waals surface area contributed by atoms with E-state index in [1.54, 1.807) is 28.1 Å². The van der Waals surface area contributed by atoms with Gasteiger partial charge < -0.3 is 18.9 Å². The van der Waals surface area contributed by atoms with Gasteiger partial charge in [-0.05, 0) is 31.5 Å². The van der Waals surface area contributed by atoms with Gasteiger partial charge >= 0.3 is 5.97 Å². The minimum Gasteiger partial charge on any atom is -0.497 e. The van der Waals surface area contributed by atoms with E-state index in [2.05, 4.69) is 0 Å². The molecule has 0 radical (unpaired) electrons. The molecule has 1 aliphatic rings. The molecule has 0 amide bonds. The zero-order valence-electron chi connectivity index (χ0n) is 12.7. The van der Waals surface area contributed by atoms with Crippen LogP contribution in [0.1, 0.15) is 25.3 Å². The van der Waals surface area contributed by atoms with Crippen molar-refractivity contribution in [3.05, 3.63) is 41.2 Å². The molecule has 114 valence electrons. The Hall–Kier alpha value is -2.01. The summed E-state index contributed by atoms with van der Waals surface area (Å²) in [6.07, 6.45) is -0.545. The minimum absolute atomic E-state index is 0.318. The number of esters is 1. The van der Waals surface area contributed by atoms with Gasteiger partial charge in [0.2, 0.25) is 6.29 Å². The summed E-state index contributed by atoms with van der Waals surface area (Å²) in [6, 6.07) is 7.51. The quantitative estimate of drug-likeness (QED) is 0.781. The average molecular weight is 292 g/mol. The fourth-order valence-corrected chi connectivity index (χ4v) is 2.48. The fraction of sp³-hybridized carbons (Fsp3) is 0.438. The predicted octanol–water partition coefficient (Wildman–Crippen LogP) is 2.62. The first-order valence-corrected chi connectivity index (χ1v) is 6.83. The predicted molar refractivity (Wildman–Crippen MR) is 77.0 cm³/mol. The number of allylic oxidation sites excluding steroid dienone is 1. The second-order valence-electron chi connectivity index (χ2n) is 4.67. The summed E-state index contributed by atoms with van der Waals surface area (Å²) in [5, 5.41) is 0.